The molecule has 0 bridgehead atoms. The largest absolute Gasteiger partial charge is 0.342 e. The van der Waals surface area contributed by atoms with Gasteiger partial charge < -0.3 is 9.80 Å². The first-order valence-corrected chi connectivity index (χ1v) is 4.63. The van der Waals surface area contributed by atoms with Gasteiger partial charge in [-0.05, 0) is 6.92 Å². The summed E-state index contributed by atoms with van der Waals surface area (Å²) in [6.07, 6.45) is 0. The molecule has 0 aromatic heterocycles. The molecule has 0 aromatic carbocycles. The van der Waals surface area contributed by atoms with Crippen molar-refractivity contribution >= 4 is 23.4 Å². The van der Waals surface area contributed by atoms with E-state index < -0.39 is 5.38 Å². The van der Waals surface area contributed by atoms with E-state index >= 15 is 0 Å². The third kappa shape index (κ3) is 2.34. The second-order valence-corrected chi connectivity index (χ2v) is 3.85. The summed E-state index contributed by atoms with van der Waals surface area (Å²) < 4.78 is 0. The SMILES string of the molecule is CC(Cl)C(=O)N1CCN(C)C(=O)C1. The monoisotopic (exact) mass is 204 g/mol. The summed E-state index contributed by atoms with van der Waals surface area (Å²) in [7, 11) is 1.73. The van der Waals surface area contributed by atoms with Crippen LogP contribution in [0.5, 0.6) is 0 Å². The van der Waals surface area contributed by atoms with Crippen LogP contribution < -0.4 is 0 Å². The van der Waals surface area contributed by atoms with Crippen molar-refractivity contribution in [1.82, 2.24) is 9.80 Å². The zero-order chi connectivity index (χ0) is 10.0. The Morgan fingerprint density at radius 2 is 2.15 bits per heavy atom. The molecule has 4 nitrogen and oxygen atoms in total. The summed E-state index contributed by atoms with van der Waals surface area (Å²) in [6, 6.07) is 0. The zero-order valence-electron chi connectivity index (χ0n) is 7.79. The van der Waals surface area contributed by atoms with Crippen molar-refractivity contribution in [3.8, 4) is 0 Å². The maximum Gasteiger partial charge on any atom is 0.241 e. The molecule has 74 valence electrons. The summed E-state index contributed by atoms with van der Waals surface area (Å²) in [4.78, 5) is 25.7. The third-order valence-electron chi connectivity index (χ3n) is 2.11. The van der Waals surface area contributed by atoms with Crippen molar-refractivity contribution in [3.05, 3.63) is 0 Å². The Kier molecular flexibility index (Phi) is 3.14. The Morgan fingerprint density at radius 1 is 1.54 bits per heavy atom. The van der Waals surface area contributed by atoms with Crippen molar-refractivity contribution in [2.75, 3.05) is 26.7 Å². The molecule has 1 aliphatic rings. The predicted octanol–water partition coefficient (Wildman–Crippen LogP) is -0.0857. The highest BCUT2D eigenvalue weighted by Crippen LogP contribution is 2.06. The first-order valence-electron chi connectivity index (χ1n) is 4.19. The van der Waals surface area contributed by atoms with E-state index in [2.05, 4.69) is 0 Å². The van der Waals surface area contributed by atoms with Crippen LogP contribution in [0.2, 0.25) is 0 Å². The quantitative estimate of drug-likeness (QED) is 0.561. The molecule has 0 aliphatic carbocycles. The van der Waals surface area contributed by atoms with Gasteiger partial charge in [-0.2, -0.15) is 0 Å². The average Bonchev–Trinajstić information content (AvgIpc) is 2.08. The molecule has 0 spiro atoms. The highest BCUT2D eigenvalue weighted by molar-refractivity contribution is 6.30. The molecule has 5 heteroatoms. The van der Waals surface area contributed by atoms with Gasteiger partial charge in [-0.1, -0.05) is 0 Å². The van der Waals surface area contributed by atoms with Gasteiger partial charge in [0.2, 0.25) is 11.8 Å². The smallest absolute Gasteiger partial charge is 0.241 e. The molecule has 1 unspecified atom stereocenters. The van der Waals surface area contributed by atoms with E-state index in [-0.39, 0.29) is 18.4 Å². The number of alkyl halides is 1. The molecular formula is C8H13ClN2O2. The second kappa shape index (κ2) is 3.96. The van der Waals surface area contributed by atoms with Crippen LogP contribution in [0.4, 0.5) is 0 Å². The first kappa shape index (κ1) is 10.3. The van der Waals surface area contributed by atoms with Gasteiger partial charge in [-0.15, -0.1) is 11.6 Å². The van der Waals surface area contributed by atoms with E-state index in [1.54, 1.807) is 18.9 Å². The van der Waals surface area contributed by atoms with Crippen molar-refractivity contribution in [1.29, 1.82) is 0 Å². The van der Waals surface area contributed by atoms with Crippen LogP contribution in [0.1, 0.15) is 6.92 Å². The standard InChI is InChI=1S/C8H13ClN2O2/c1-6(9)8(13)11-4-3-10(2)7(12)5-11/h6H,3-5H2,1-2H3. The van der Waals surface area contributed by atoms with Crippen LogP contribution in [0.3, 0.4) is 0 Å². The van der Waals surface area contributed by atoms with E-state index in [4.69, 9.17) is 11.6 Å². The first-order chi connectivity index (χ1) is 6.02. The summed E-state index contributed by atoms with van der Waals surface area (Å²) in [5.74, 6) is -0.194. The highest BCUT2D eigenvalue weighted by Gasteiger charge is 2.26. The number of carbonyl (C=O) groups is 2. The van der Waals surface area contributed by atoms with Crippen molar-refractivity contribution in [2.24, 2.45) is 0 Å². The van der Waals surface area contributed by atoms with Gasteiger partial charge in [-0.25, -0.2) is 0 Å². The average molecular weight is 205 g/mol. The lowest BCUT2D eigenvalue weighted by molar-refractivity contribution is -0.143. The van der Waals surface area contributed by atoms with Gasteiger partial charge in [0, 0.05) is 20.1 Å². The number of amides is 2. The maximum atomic E-state index is 11.4. The summed E-state index contributed by atoms with van der Waals surface area (Å²) >= 11 is 5.63. The van der Waals surface area contributed by atoms with Crippen LogP contribution in [0, 0.1) is 0 Å². The topological polar surface area (TPSA) is 40.6 Å². The lowest BCUT2D eigenvalue weighted by Crippen LogP contribution is -2.52. The Bertz CT molecular complexity index is 230. The molecule has 1 heterocycles. The number of piperazine rings is 1. The van der Waals surface area contributed by atoms with E-state index in [0.29, 0.717) is 13.1 Å². The third-order valence-corrected chi connectivity index (χ3v) is 2.30. The molecule has 1 fully saturated rings. The van der Waals surface area contributed by atoms with E-state index in [9.17, 15) is 9.59 Å². The molecule has 0 aromatic rings. The predicted molar refractivity (Wildman–Crippen MR) is 49.5 cm³/mol. The molecule has 0 saturated carbocycles. The Balaban J connectivity index is 2.55. The molecule has 1 aliphatic heterocycles. The minimum absolute atomic E-state index is 0.0306. The van der Waals surface area contributed by atoms with Crippen LogP contribution in [0.25, 0.3) is 0 Å². The van der Waals surface area contributed by atoms with Gasteiger partial charge in [0.15, 0.2) is 0 Å². The number of halogens is 1. The Hall–Kier alpha value is -0.770. The molecule has 2 amide bonds. The normalized spacial score (nSPS) is 20.4. The lowest BCUT2D eigenvalue weighted by Gasteiger charge is -2.32. The van der Waals surface area contributed by atoms with Crippen molar-refractivity contribution in [2.45, 2.75) is 12.3 Å². The number of hydrogen-bond acceptors (Lipinski definition) is 2. The van der Waals surface area contributed by atoms with Crippen LogP contribution in [0.15, 0.2) is 0 Å². The zero-order valence-corrected chi connectivity index (χ0v) is 8.54. The molecule has 0 radical (unpaired) electrons. The number of carbonyl (C=O) groups excluding carboxylic acids is 2. The van der Waals surface area contributed by atoms with Gasteiger partial charge in [0.1, 0.15) is 5.38 Å². The van der Waals surface area contributed by atoms with Crippen LogP contribution in [-0.2, 0) is 9.59 Å². The van der Waals surface area contributed by atoms with E-state index in [0.717, 1.165) is 0 Å². The van der Waals surface area contributed by atoms with Crippen molar-refractivity contribution < 1.29 is 9.59 Å². The fraction of sp³-hybridized carbons (Fsp3) is 0.750. The van der Waals surface area contributed by atoms with Gasteiger partial charge in [0.05, 0.1) is 6.54 Å². The number of nitrogens with zero attached hydrogens (tertiary/aromatic N) is 2. The molecule has 0 N–H and O–H groups in total. The summed E-state index contributed by atoms with van der Waals surface area (Å²) in [6.45, 7) is 2.95. The summed E-state index contributed by atoms with van der Waals surface area (Å²) in [5, 5.41) is -0.545. The Morgan fingerprint density at radius 3 is 2.62 bits per heavy atom. The molecule has 1 atom stereocenters. The fourth-order valence-electron chi connectivity index (χ4n) is 1.20. The number of hydrogen-bond donors (Lipinski definition) is 0. The van der Waals surface area contributed by atoms with Gasteiger partial charge >= 0.3 is 0 Å². The lowest BCUT2D eigenvalue weighted by atomic mass is 10.3. The van der Waals surface area contributed by atoms with Gasteiger partial charge in [-0.3, -0.25) is 9.59 Å². The maximum absolute atomic E-state index is 11.4. The molecular weight excluding hydrogens is 192 g/mol. The molecule has 1 saturated heterocycles. The van der Waals surface area contributed by atoms with Gasteiger partial charge in [0.25, 0.3) is 0 Å². The minimum atomic E-state index is -0.545. The number of likely N-dealkylation sites (N-methyl/N-ethyl adjacent to an activating group) is 1. The Labute approximate surface area is 82.4 Å². The van der Waals surface area contributed by atoms with E-state index in [1.165, 1.54) is 4.90 Å². The van der Waals surface area contributed by atoms with Crippen LogP contribution >= 0.6 is 11.6 Å². The highest BCUT2D eigenvalue weighted by atomic mass is 35.5. The van der Waals surface area contributed by atoms with Crippen LogP contribution in [-0.4, -0.2) is 53.7 Å². The fourth-order valence-corrected chi connectivity index (χ4v) is 1.34. The number of rotatable bonds is 1. The second-order valence-electron chi connectivity index (χ2n) is 3.19. The van der Waals surface area contributed by atoms with Crippen molar-refractivity contribution in [3.63, 3.8) is 0 Å². The van der Waals surface area contributed by atoms with E-state index in [1.807, 2.05) is 0 Å². The molecule has 1 rings (SSSR count). The summed E-state index contributed by atoms with van der Waals surface area (Å²) in [5.41, 5.74) is 0. The molecule has 13 heavy (non-hydrogen) atoms. The minimum Gasteiger partial charge on any atom is -0.342 e.